The van der Waals surface area contributed by atoms with Crippen LogP contribution in [0.15, 0.2) is 27.3 Å². The van der Waals surface area contributed by atoms with Crippen LogP contribution in [-0.4, -0.2) is 24.9 Å². The lowest BCUT2D eigenvalue weighted by atomic mass is 10.2. The first-order valence-electron chi connectivity index (χ1n) is 6.99. The molecule has 1 saturated carbocycles. The van der Waals surface area contributed by atoms with Crippen LogP contribution in [0.3, 0.4) is 0 Å². The molecule has 3 rings (SSSR count). The highest BCUT2D eigenvalue weighted by molar-refractivity contribution is 9.10. The van der Waals surface area contributed by atoms with Crippen molar-refractivity contribution in [3.63, 3.8) is 0 Å². The number of imidazole rings is 1. The van der Waals surface area contributed by atoms with Crippen LogP contribution in [0.5, 0.6) is 0 Å². The van der Waals surface area contributed by atoms with Crippen LogP contribution in [0.2, 0.25) is 0 Å². The van der Waals surface area contributed by atoms with E-state index in [1.165, 1.54) is 18.4 Å². The molecule has 0 N–H and O–H groups in total. The molecule has 0 aliphatic heterocycles. The minimum atomic E-state index is -1.26. The predicted molar refractivity (Wildman–Crippen MR) is 90.4 cm³/mol. The fourth-order valence-corrected chi connectivity index (χ4v) is 3.14. The van der Waals surface area contributed by atoms with Crippen LogP contribution in [0.4, 0.5) is 0 Å². The third-order valence-corrected chi connectivity index (χ3v) is 5.33. The zero-order valence-electron chi connectivity index (χ0n) is 12.3. The SMILES string of the molecule is CC(C)(C)[S@@+]([O-])/N=C/c1cn2cc(C3CC3)cc(Br)c2n1. The second-order valence-electron chi connectivity index (χ2n) is 6.39. The van der Waals surface area contributed by atoms with Crippen molar-refractivity contribution in [3.05, 3.63) is 34.2 Å². The van der Waals surface area contributed by atoms with Gasteiger partial charge in [0, 0.05) is 12.4 Å². The average Bonchev–Trinajstić information content (AvgIpc) is 3.15. The molecule has 0 amide bonds. The van der Waals surface area contributed by atoms with Gasteiger partial charge in [-0.1, -0.05) is 4.40 Å². The van der Waals surface area contributed by atoms with Gasteiger partial charge < -0.3 is 8.95 Å². The van der Waals surface area contributed by atoms with Crippen LogP contribution >= 0.6 is 15.9 Å². The monoisotopic (exact) mass is 367 g/mol. The first-order valence-corrected chi connectivity index (χ1v) is 8.89. The van der Waals surface area contributed by atoms with Gasteiger partial charge in [0.05, 0.1) is 4.47 Å². The number of pyridine rings is 1. The van der Waals surface area contributed by atoms with E-state index >= 15 is 0 Å². The number of hydrogen-bond acceptors (Lipinski definition) is 3. The maximum Gasteiger partial charge on any atom is 0.151 e. The summed E-state index contributed by atoms with van der Waals surface area (Å²) in [6, 6.07) is 2.15. The molecule has 1 aliphatic rings. The average molecular weight is 368 g/mol. The number of nitrogens with zero attached hydrogens (tertiary/aromatic N) is 3. The molecule has 1 atom stereocenters. The van der Waals surface area contributed by atoms with Crippen LogP contribution in [0.1, 0.15) is 50.8 Å². The second-order valence-corrected chi connectivity index (χ2v) is 9.18. The third-order valence-electron chi connectivity index (χ3n) is 3.40. The molecule has 0 unspecified atom stereocenters. The number of fused-ring (bicyclic) bond motifs is 1. The molecule has 0 spiro atoms. The van der Waals surface area contributed by atoms with E-state index in [0.717, 1.165) is 15.8 Å². The Morgan fingerprint density at radius 1 is 1.43 bits per heavy atom. The molecule has 0 saturated heterocycles. The molecule has 2 aromatic heterocycles. The van der Waals surface area contributed by atoms with Gasteiger partial charge in [-0.05, 0) is 67.1 Å². The molecular formula is C15H18BrN3OS. The molecular weight excluding hydrogens is 350 g/mol. The molecule has 1 fully saturated rings. The summed E-state index contributed by atoms with van der Waals surface area (Å²) in [6.07, 6.45) is 8.19. The fraction of sp³-hybridized carbons (Fsp3) is 0.467. The molecule has 1 aliphatic carbocycles. The third kappa shape index (κ3) is 3.33. The molecule has 112 valence electrons. The lowest BCUT2D eigenvalue weighted by molar-refractivity contribution is 0.562. The fourth-order valence-electron chi connectivity index (χ4n) is 2.06. The van der Waals surface area contributed by atoms with Crippen LogP contribution in [0, 0.1) is 0 Å². The Kier molecular flexibility index (Phi) is 3.88. The minimum absolute atomic E-state index is 0.352. The largest absolute Gasteiger partial charge is 0.591 e. The van der Waals surface area contributed by atoms with Gasteiger partial charge in [-0.2, -0.15) is 0 Å². The van der Waals surface area contributed by atoms with Crippen molar-refractivity contribution in [2.45, 2.75) is 44.3 Å². The van der Waals surface area contributed by atoms with E-state index in [0.29, 0.717) is 5.92 Å². The van der Waals surface area contributed by atoms with E-state index in [1.807, 2.05) is 31.4 Å². The smallest absolute Gasteiger partial charge is 0.151 e. The van der Waals surface area contributed by atoms with Crippen molar-refractivity contribution in [2.24, 2.45) is 4.40 Å². The quantitative estimate of drug-likeness (QED) is 0.610. The van der Waals surface area contributed by atoms with Gasteiger partial charge in [-0.15, -0.1) is 0 Å². The second kappa shape index (κ2) is 5.41. The summed E-state index contributed by atoms with van der Waals surface area (Å²) in [6.45, 7) is 5.72. The topological polar surface area (TPSA) is 52.7 Å². The van der Waals surface area contributed by atoms with Crippen LogP contribution in [-0.2, 0) is 11.4 Å². The van der Waals surface area contributed by atoms with Crippen LogP contribution in [0.25, 0.3) is 5.65 Å². The van der Waals surface area contributed by atoms with E-state index in [1.54, 1.807) is 6.21 Å². The van der Waals surface area contributed by atoms with Gasteiger partial charge in [-0.3, -0.25) is 0 Å². The van der Waals surface area contributed by atoms with Crippen molar-refractivity contribution < 1.29 is 4.55 Å². The van der Waals surface area contributed by atoms with Gasteiger partial charge in [0.1, 0.15) is 28.0 Å². The Bertz CT molecular complexity index is 701. The number of aromatic nitrogens is 2. The standard InChI is InChI=1S/C15H18BrN3OS/c1-15(2,3)21(20)17-7-12-9-19-8-11(10-4-5-10)6-13(16)14(19)18-12/h6-10H,4-5H2,1-3H3/b17-7+/t21-/m1/s1. The van der Waals surface area contributed by atoms with Crippen molar-refractivity contribution in [1.82, 2.24) is 9.38 Å². The number of halogens is 1. The van der Waals surface area contributed by atoms with E-state index in [4.69, 9.17) is 0 Å². The highest BCUT2D eigenvalue weighted by Gasteiger charge is 2.26. The maximum atomic E-state index is 11.9. The Morgan fingerprint density at radius 2 is 2.14 bits per heavy atom. The number of rotatable bonds is 3. The summed E-state index contributed by atoms with van der Waals surface area (Å²) >= 11 is 2.32. The van der Waals surface area contributed by atoms with Gasteiger partial charge in [0.25, 0.3) is 0 Å². The molecule has 4 nitrogen and oxygen atoms in total. The normalized spacial score (nSPS) is 17.8. The molecule has 6 heteroatoms. The van der Waals surface area contributed by atoms with E-state index in [-0.39, 0.29) is 4.75 Å². The molecule has 0 bridgehead atoms. The van der Waals surface area contributed by atoms with Crippen molar-refractivity contribution in [1.29, 1.82) is 0 Å². The first kappa shape index (κ1) is 15.1. The number of hydrogen-bond donors (Lipinski definition) is 0. The van der Waals surface area contributed by atoms with E-state index < -0.39 is 11.4 Å². The first-order chi connectivity index (χ1) is 9.84. The summed E-state index contributed by atoms with van der Waals surface area (Å²) in [7, 11) is 0. The minimum Gasteiger partial charge on any atom is -0.591 e. The Hall–Kier alpha value is -0.850. The molecule has 2 heterocycles. The lowest BCUT2D eigenvalue weighted by Gasteiger charge is -2.17. The van der Waals surface area contributed by atoms with Crippen LogP contribution < -0.4 is 0 Å². The summed E-state index contributed by atoms with van der Waals surface area (Å²) in [4.78, 5) is 4.52. The molecule has 0 radical (unpaired) electrons. The highest BCUT2D eigenvalue weighted by atomic mass is 79.9. The molecule has 21 heavy (non-hydrogen) atoms. The Balaban J connectivity index is 1.90. The Labute approximate surface area is 136 Å². The molecule has 0 aromatic carbocycles. The highest BCUT2D eigenvalue weighted by Crippen LogP contribution is 2.41. The zero-order chi connectivity index (χ0) is 15.2. The zero-order valence-corrected chi connectivity index (χ0v) is 14.7. The van der Waals surface area contributed by atoms with Gasteiger partial charge in [0.15, 0.2) is 5.65 Å². The molecule has 2 aromatic rings. The lowest BCUT2D eigenvalue weighted by Crippen LogP contribution is -2.25. The summed E-state index contributed by atoms with van der Waals surface area (Å²) in [5, 5.41) is 0. The summed E-state index contributed by atoms with van der Waals surface area (Å²) < 4.78 is 18.7. The van der Waals surface area contributed by atoms with Gasteiger partial charge >= 0.3 is 0 Å². The van der Waals surface area contributed by atoms with E-state index in [9.17, 15) is 4.55 Å². The van der Waals surface area contributed by atoms with Gasteiger partial charge in [0.2, 0.25) is 0 Å². The van der Waals surface area contributed by atoms with Gasteiger partial charge in [-0.25, -0.2) is 4.98 Å². The maximum absolute atomic E-state index is 11.9. The summed E-state index contributed by atoms with van der Waals surface area (Å²) in [5.41, 5.74) is 2.93. The summed E-state index contributed by atoms with van der Waals surface area (Å²) in [5.74, 6) is 0.693. The van der Waals surface area contributed by atoms with Crippen molar-refractivity contribution in [2.75, 3.05) is 0 Å². The van der Waals surface area contributed by atoms with Crippen molar-refractivity contribution >= 4 is 39.2 Å². The van der Waals surface area contributed by atoms with Crippen molar-refractivity contribution in [3.8, 4) is 0 Å². The Morgan fingerprint density at radius 3 is 2.76 bits per heavy atom. The van der Waals surface area contributed by atoms with E-state index in [2.05, 4.69) is 37.6 Å². The predicted octanol–water partition coefficient (Wildman–Crippen LogP) is 3.86.